The molecule has 1 aliphatic heterocycles. The zero-order chi connectivity index (χ0) is 7.56. The Balaban J connectivity index is 2.37. The van der Waals surface area contributed by atoms with E-state index in [1.807, 2.05) is 0 Å². The molecule has 0 aromatic carbocycles. The van der Waals surface area contributed by atoms with Crippen LogP contribution < -0.4 is 10.6 Å². The van der Waals surface area contributed by atoms with Gasteiger partial charge in [-0.2, -0.15) is 0 Å². The molecule has 2 N–H and O–H groups in total. The molecule has 0 aromatic rings. The van der Waals surface area contributed by atoms with Crippen molar-refractivity contribution in [2.75, 3.05) is 13.6 Å². The van der Waals surface area contributed by atoms with E-state index in [9.17, 15) is 4.79 Å². The summed E-state index contributed by atoms with van der Waals surface area (Å²) in [6.45, 7) is 0.401. The maximum atomic E-state index is 10.8. The van der Waals surface area contributed by atoms with Crippen LogP contribution in [-0.2, 0) is 4.79 Å². The van der Waals surface area contributed by atoms with Crippen molar-refractivity contribution < 1.29 is 9.90 Å². The van der Waals surface area contributed by atoms with E-state index in [0.717, 1.165) is 0 Å². The van der Waals surface area contributed by atoms with E-state index < -0.39 is 6.10 Å². The van der Waals surface area contributed by atoms with Gasteiger partial charge in [0.05, 0.1) is 6.10 Å². The highest BCUT2D eigenvalue weighted by molar-refractivity contribution is 5.81. The monoisotopic (exact) mass is 143 g/mol. The Labute approximate surface area is 59.6 Å². The van der Waals surface area contributed by atoms with Crippen LogP contribution in [0.15, 0.2) is 0 Å². The van der Waals surface area contributed by atoms with Crippen LogP contribution in [0.1, 0.15) is 6.42 Å². The summed E-state index contributed by atoms with van der Waals surface area (Å²) in [6.07, 6.45) is 0.0574. The van der Waals surface area contributed by atoms with Gasteiger partial charge in [-0.15, -0.1) is 0 Å². The predicted octanol–water partition coefficient (Wildman–Crippen LogP) is -1.53. The Bertz CT molecular complexity index is 138. The fourth-order valence-electron chi connectivity index (χ4n) is 1.01. The number of rotatable bonds is 1. The van der Waals surface area contributed by atoms with Crippen LogP contribution >= 0.6 is 0 Å². The van der Waals surface area contributed by atoms with Crippen molar-refractivity contribution in [2.45, 2.75) is 18.6 Å². The number of nitrogens with zero attached hydrogens (tertiary/aromatic N) is 1. The van der Waals surface area contributed by atoms with E-state index in [-0.39, 0.29) is 11.9 Å². The molecule has 10 heavy (non-hydrogen) atoms. The van der Waals surface area contributed by atoms with Gasteiger partial charge in [-0.1, -0.05) is 0 Å². The van der Waals surface area contributed by atoms with E-state index >= 15 is 0 Å². The topological polar surface area (TPSA) is 63.4 Å². The number of nitrogens with one attached hydrogen (secondary N) is 1. The molecule has 4 heteroatoms. The Morgan fingerprint density at radius 2 is 2.50 bits per heavy atom. The molecule has 1 amide bonds. The van der Waals surface area contributed by atoms with Gasteiger partial charge in [0.25, 0.3) is 0 Å². The fourth-order valence-corrected chi connectivity index (χ4v) is 1.01. The Kier molecular flexibility index (Phi) is 2.24. The summed E-state index contributed by atoms with van der Waals surface area (Å²) in [5.74, 6) is -0.100. The molecule has 1 aliphatic rings. The number of aliphatic hydroxyl groups is 1. The third-order valence-corrected chi connectivity index (χ3v) is 1.58. The minimum Gasteiger partial charge on any atom is -0.392 e. The number of hydrogen-bond acceptors (Lipinski definition) is 2. The molecule has 0 aliphatic carbocycles. The average Bonchev–Trinajstić information content (AvgIpc) is 2.34. The summed E-state index contributed by atoms with van der Waals surface area (Å²) in [6, 6.07) is -0.319. The largest absolute Gasteiger partial charge is 0.392 e. The second-order valence-corrected chi connectivity index (χ2v) is 2.38. The zero-order valence-electron chi connectivity index (χ0n) is 5.87. The van der Waals surface area contributed by atoms with Crippen molar-refractivity contribution in [1.82, 2.24) is 10.6 Å². The van der Waals surface area contributed by atoms with Gasteiger partial charge in [-0.25, -0.2) is 5.32 Å². The SMILES string of the molecule is CNC(=O)C1CC(O)C[N]1. The van der Waals surface area contributed by atoms with Crippen LogP contribution in [0.5, 0.6) is 0 Å². The third kappa shape index (κ3) is 1.46. The number of hydrogen-bond donors (Lipinski definition) is 2. The molecule has 0 bridgehead atoms. The van der Waals surface area contributed by atoms with E-state index in [4.69, 9.17) is 5.11 Å². The molecule has 1 heterocycles. The molecular weight excluding hydrogens is 132 g/mol. The van der Waals surface area contributed by atoms with Gasteiger partial charge in [-0.05, 0) is 0 Å². The second-order valence-electron chi connectivity index (χ2n) is 2.38. The fraction of sp³-hybridized carbons (Fsp3) is 0.833. The van der Waals surface area contributed by atoms with Crippen molar-refractivity contribution in [3.63, 3.8) is 0 Å². The lowest BCUT2D eigenvalue weighted by atomic mass is 10.2. The summed E-state index contributed by atoms with van der Waals surface area (Å²) in [4.78, 5) is 10.8. The minimum absolute atomic E-state index is 0.100. The maximum Gasteiger partial charge on any atom is 0.238 e. The normalized spacial score (nSPS) is 32.2. The highest BCUT2D eigenvalue weighted by atomic mass is 16.3. The summed E-state index contributed by atoms with van der Waals surface area (Å²) in [5, 5.41) is 15.4. The first kappa shape index (κ1) is 7.50. The number of carbonyl (C=O) groups excluding carboxylic acids is 1. The smallest absolute Gasteiger partial charge is 0.238 e. The average molecular weight is 143 g/mol. The van der Waals surface area contributed by atoms with Crippen molar-refractivity contribution in [3.05, 3.63) is 0 Å². The Morgan fingerprint density at radius 1 is 1.80 bits per heavy atom. The second kappa shape index (κ2) is 2.98. The summed E-state index contributed by atoms with van der Waals surface area (Å²) in [7, 11) is 1.57. The molecular formula is C6H11N2O2. The van der Waals surface area contributed by atoms with Gasteiger partial charge in [0.2, 0.25) is 5.91 Å². The standard InChI is InChI=1S/C6H11N2O2/c1-7-6(10)5-2-4(9)3-8-5/h4-5,9H,2-3H2,1H3,(H,7,10). The quantitative estimate of drug-likeness (QED) is 0.467. The third-order valence-electron chi connectivity index (χ3n) is 1.58. The highest BCUT2D eigenvalue weighted by Crippen LogP contribution is 2.07. The first-order valence-electron chi connectivity index (χ1n) is 3.30. The Hall–Kier alpha value is -0.610. The molecule has 1 radical (unpaired) electrons. The van der Waals surface area contributed by atoms with Crippen LogP contribution in [0.25, 0.3) is 0 Å². The highest BCUT2D eigenvalue weighted by Gasteiger charge is 2.28. The first-order valence-corrected chi connectivity index (χ1v) is 3.30. The molecule has 1 fully saturated rings. The van der Waals surface area contributed by atoms with Gasteiger partial charge >= 0.3 is 0 Å². The molecule has 2 atom stereocenters. The van der Waals surface area contributed by atoms with Crippen molar-refractivity contribution >= 4 is 5.91 Å². The lowest BCUT2D eigenvalue weighted by molar-refractivity contribution is -0.122. The molecule has 1 saturated heterocycles. The summed E-state index contributed by atoms with van der Waals surface area (Å²) < 4.78 is 0. The van der Waals surface area contributed by atoms with Crippen LogP contribution in [-0.4, -0.2) is 36.8 Å². The van der Waals surface area contributed by atoms with Crippen LogP contribution in [0.2, 0.25) is 0 Å². The number of aliphatic hydroxyl groups excluding tert-OH is 1. The minimum atomic E-state index is -0.415. The van der Waals surface area contributed by atoms with Crippen LogP contribution in [0.4, 0.5) is 0 Å². The van der Waals surface area contributed by atoms with Crippen molar-refractivity contribution in [3.8, 4) is 0 Å². The number of amides is 1. The van der Waals surface area contributed by atoms with Gasteiger partial charge in [0.1, 0.15) is 6.04 Å². The van der Waals surface area contributed by atoms with E-state index in [1.54, 1.807) is 7.05 Å². The van der Waals surface area contributed by atoms with E-state index in [1.165, 1.54) is 0 Å². The first-order chi connectivity index (χ1) is 4.74. The van der Waals surface area contributed by atoms with Crippen LogP contribution in [0.3, 0.4) is 0 Å². The van der Waals surface area contributed by atoms with Gasteiger partial charge < -0.3 is 10.4 Å². The van der Waals surface area contributed by atoms with Gasteiger partial charge in [0.15, 0.2) is 0 Å². The van der Waals surface area contributed by atoms with Crippen LogP contribution in [0, 0.1) is 0 Å². The van der Waals surface area contributed by atoms with E-state index in [2.05, 4.69) is 10.6 Å². The summed E-state index contributed by atoms with van der Waals surface area (Å²) in [5.41, 5.74) is 0. The van der Waals surface area contributed by atoms with Gasteiger partial charge in [0, 0.05) is 20.0 Å². The molecule has 0 aromatic heterocycles. The zero-order valence-corrected chi connectivity index (χ0v) is 5.87. The lowest BCUT2D eigenvalue weighted by Gasteiger charge is -2.04. The van der Waals surface area contributed by atoms with Gasteiger partial charge in [-0.3, -0.25) is 4.79 Å². The molecule has 0 saturated carbocycles. The lowest BCUT2D eigenvalue weighted by Crippen LogP contribution is -2.34. The van der Waals surface area contributed by atoms with Crippen molar-refractivity contribution in [2.24, 2.45) is 0 Å². The number of carbonyl (C=O) groups is 1. The number of likely N-dealkylation sites (N-methyl/N-ethyl adjacent to an activating group) is 1. The molecule has 0 spiro atoms. The Morgan fingerprint density at radius 3 is 2.90 bits per heavy atom. The van der Waals surface area contributed by atoms with Crippen molar-refractivity contribution in [1.29, 1.82) is 0 Å². The molecule has 2 unspecified atom stereocenters. The van der Waals surface area contributed by atoms with E-state index in [0.29, 0.717) is 13.0 Å². The molecule has 57 valence electrons. The summed E-state index contributed by atoms with van der Waals surface area (Å²) >= 11 is 0. The predicted molar refractivity (Wildman–Crippen MR) is 35.5 cm³/mol. The maximum absolute atomic E-state index is 10.8. The molecule has 4 nitrogen and oxygen atoms in total. The molecule has 1 rings (SSSR count).